The van der Waals surface area contributed by atoms with E-state index in [4.69, 9.17) is 15.2 Å². The van der Waals surface area contributed by atoms with Crippen molar-refractivity contribution in [3.05, 3.63) is 53.8 Å². The average molecular weight is 386 g/mol. The summed E-state index contributed by atoms with van der Waals surface area (Å²) < 4.78 is 24.5. The van der Waals surface area contributed by atoms with Gasteiger partial charge in [0.1, 0.15) is 17.7 Å². The lowest BCUT2D eigenvalue weighted by molar-refractivity contribution is -0.118. The quantitative estimate of drug-likeness (QED) is 0.580. The van der Waals surface area contributed by atoms with Crippen LogP contribution in [0.15, 0.2) is 42.5 Å². The van der Waals surface area contributed by atoms with Crippen molar-refractivity contribution in [1.29, 1.82) is 0 Å². The van der Waals surface area contributed by atoms with E-state index < -0.39 is 17.7 Å². The number of ether oxygens (including phenoxy) is 2. The van der Waals surface area contributed by atoms with Crippen LogP contribution in [-0.2, 0) is 9.53 Å². The summed E-state index contributed by atoms with van der Waals surface area (Å²) in [5.41, 5.74) is 6.53. The number of benzene rings is 2. The molecule has 28 heavy (non-hydrogen) atoms. The fourth-order valence-electron chi connectivity index (χ4n) is 3.08. The fourth-order valence-corrected chi connectivity index (χ4v) is 3.08. The maximum Gasteiger partial charge on any atom is 0.338 e. The van der Waals surface area contributed by atoms with E-state index in [0.717, 1.165) is 25.7 Å². The number of para-hydroxylation sites is 1. The van der Waals surface area contributed by atoms with E-state index in [1.54, 1.807) is 12.1 Å². The highest BCUT2D eigenvalue weighted by molar-refractivity contribution is 5.92. The molecule has 0 atom stereocenters. The highest BCUT2D eigenvalue weighted by Crippen LogP contribution is 2.25. The molecule has 3 rings (SSSR count). The Morgan fingerprint density at radius 1 is 1.11 bits per heavy atom. The number of hydrogen-bond acceptors (Lipinski definition) is 5. The van der Waals surface area contributed by atoms with Crippen LogP contribution in [0.1, 0.15) is 42.5 Å². The molecule has 1 saturated carbocycles. The molecule has 7 heteroatoms. The number of esters is 1. The number of carbonyl (C=O) groups is 2. The van der Waals surface area contributed by atoms with Crippen LogP contribution in [0.25, 0.3) is 0 Å². The molecular weight excluding hydrogens is 363 g/mol. The number of rotatable bonds is 6. The number of anilines is 2. The van der Waals surface area contributed by atoms with E-state index in [0.29, 0.717) is 5.56 Å². The van der Waals surface area contributed by atoms with Gasteiger partial charge in [-0.1, -0.05) is 18.6 Å². The summed E-state index contributed by atoms with van der Waals surface area (Å²) in [6.45, 7) is -0.375. The van der Waals surface area contributed by atoms with Gasteiger partial charge in [-0.25, -0.2) is 9.18 Å². The summed E-state index contributed by atoms with van der Waals surface area (Å²) in [5, 5.41) is 2.42. The number of amides is 1. The number of nitrogen functional groups attached to an aromatic ring is 1. The van der Waals surface area contributed by atoms with Crippen LogP contribution in [0.3, 0.4) is 0 Å². The second-order valence-electron chi connectivity index (χ2n) is 6.73. The maximum atomic E-state index is 13.6. The first-order valence-electron chi connectivity index (χ1n) is 9.30. The number of nitrogens with one attached hydrogen (secondary N) is 1. The van der Waals surface area contributed by atoms with E-state index in [2.05, 4.69) is 5.32 Å². The zero-order valence-corrected chi connectivity index (χ0v) is 15.4. The molecule has 0 aliphatic heterocycles. The van der Waals surface area contributed by atoms with E-state index in [-0.39, 0.29) is 29.8 Å². The molecule has 1 fully saturated rings. The van der Waals surface area contributed by atoms with Gasteiger partial charge in [-0.15, -0.1) is 0 Å². The molecule has 1 aliphatic carbocycles. The van der Waals surface area contributed by atoms with Gasteiger partial charge in [0.2, 0.25) is 0 Å². The van der Waals surface area contributed by atoms with Crippen molar-refractivity contribution in [3.63, 3.8) is 0 Å². The molecule has 0 radical (unpaired) electrons. The molecule has 2 aromatic rings. The van der Waals surface area contributed by atoms with Gasteiger partial charge in [0.15, 0.2) is 6.61 Å². The van der Waals surface area contributed by atoms with Gasteiger partial charge in [0.25, 0.3) is 5.91 Å². The van der Waals surface area contributed by atoms with Crippen LogP contribution >= 0.6 is 0 Å². The molecule has 0 unspecified atom stereocenters. The maximum absolute atomic E-state index is 13.6. The molecule has 0 heterocycles. The smallest absolute Gasteiger partial charge is 0.338 e. The molecule has 148 valence electrons. The minimum absolute atomic E-state index is 0.0604. The third-order valence-electron chi connectivity index (χ3n) is 4.58. The van der Waals surface area contributed by atoms with Crippen molar-refractivity contribution in [3.8, 4) is 5.75 Å². The lowest BCUT2D eigenvalue weighted by Crippen LogP contribution is -2.22. The number of hydrogen-bond donors (Lipinski definition) is 2. The molecule has 1 aliphatic rings. The van der Waals surface area contributed by atoms with Gasteiger partial charge in [0, 0.05) is 0 Å². The lowest BCUT2D eigenvalue weighted by Gasteiger charge is -2.22. The summed E-state index contributed by atoms with van der Waals surface area (Å²) in [7, 11) is 0. The van der Waals surface area contributed by atoms with Crippen LogP contribution in [-0.4, -0.2) is 24.6 Å². The predicted molar refractivity (Wildman–Crippen MR) is 104 cm³/mol. The van der Waals surface area contributed by atoms with Gasteiger partial charge < -0.3 is 20.5 Å². The Bertz CT molecular complexity index is 850. The first-order valence-corrected chi connectivity index (χ1v) is 9.30. The molecule has 3 N–H and O–H groups in total. The fraction of sp³-hybridized carbons (Fsp3) is 0.333. The SMILES string of the molecule is Nc1ccc(C(=O)OC2CCCCC2)cc1OCC(=O)Nc1ccccc1F. The lowest BCUT2D eigenvalue weighted by atomic mass is 9.98. The van der Waals surface area contributed by atoms with Crippen molar-refractivity contribution in [2.45, 2.75) is 38.2 Å². The monoisotopic (exact) mass is 386 g/mol. The number of nitrogens with two attached hydrogens (primary N) is 1. The Labute approximate surface area is 162 Å². The summed E-state index contributed by atoms with van der Waals surface area (Å²) in [4.78, 5) is 24.3. The Balaban J connectivity index is 1.59. The molecule has 0 aromatic heterocycles. The minimum Gasteiger partial charge on any atom is -0.482 e. The van der Waals surface area contributed by atoms with Crippen LogP contribution in [0.4, 0.5) is 15.8 Å². The minimum atomic E-state index is -0.542. The Kier molecular flexibility index (Phi) is 6.47. The third-order valence-corrected chi connectivity index (χ3v) is 4.58. The van der Waals surface area contributed by atoms with Crippen molar-refractivity contribution < 1.29 is 23.5 Å². The highest BCUT2D eigenvalue weighted by atomic mass is 19.1. The molecule has 0 spiro atoms. The normalized spacial score (nSPS) is 14.3. The number of carbonyl (C=O) groups excluding carboxylic acids is 2. The largest absolute Gasteiger partial charge is 0.482 e. The van der Waals surface area contributed by atoms with E-state index in [9.17, 15) is 14.0 Å². The van der Waals surface area contributed by atoms with Crippen LogP contribution in [0.2, 0.25) is 0 Å². The van der Waals surface area contributed by atoms with Gasteiger partial charge in [-0.3, -0.25) is 4.79 Å². The van der Waals surface area contributed by atoms with Gasteiger partial charge in [-0.2, -0.15) is 0 Å². The van der Waals surface area contributed by atoms with Crippen LogP contribution < -0.4 is 15.8 Å². The summed E-state index contributed by atoms with van der Waals surface area (Å²) in [6, 6.07) is 10.4. The topological polar surface area (TPSA) is 90.7 Å². The Morgan fingerprint density at radius 3 is 2.61 bits per heavy atom. The Hall–Kier alpha value is -3.09. The molecule has 6 nitrogen and oxygen atoms in total. The van der Waals surface area contributed by atoms with Crippen molar-refractivity contribution >= 4 is 23.3 Å². The third kappa shape index (κ3) is 5.22. The van der Waals surface area contributed by atoms with Crippen molar-refractivity contribution in [2.24, 2.45) is 0 Å². The average Bonchev–Trinajstić information content (AvgIpc) is 2.70. The first-order chi connectivity index (χ1) is 13.5. The summed E-state index contributed by atoms with van der Waals surface area (Å²) in [5.74, 6) is -1.32. The van der Waals surface area contributed by atoms with Gasteiger partial charge >= 0.3 is 5.97 Å². The molecule has 0 saturated heterocycles. The highest BCUT2D eigenvalue weighted by Gasteiger charge is 2.19. The number of halogens is 1. The Morgan fingerprint density at radius 2 is 1.86 bits per heavy atom. The van der Waals surface area contributed by atoms with Gasteiger partial charge in [0.05, 0.1) is 16.9 Å². The summed E-state index contributed by atoms with van der Waals surface area (Å²) >= 11 is 0. The zero-order chi connectivity index (χ0) is 19.9. The van der Waals surface area contributed by atoms with E-state index in [1.807, 2.05) is 0 Å². The molecule has 0 bridgehead atoms. The van der Waals surface area contributed by atoms with E-state index >= 15 is 0 Å². The van der Waals surface area contributed by atoms with Crippen LogP contribution in [0.5, 0.6) is 5.75 Å². The first kappa shape index (κ1) is 19.7. The molecular formula is C21H23FN2O4. The second-order valence-corrected chi connectivity index (χ2v) is 6.73. The summed E-state index contributed by atoms with van der Waals surface area (Å²) in [6.07, 6.45) is 4.98. The van der Waals surface area contributed by atoms with Crippen molar-refractivity contribution in [1.82, 2.24) is 0 Å². The molecule has 2 aromatic carbocycles. The van der Waals surface area contributed by atoms with Gasteiger partial charge in [-0.05, 0) is 56.0 Å². The zero-order valence-electron chi connectivity index (χ0n) is 15.4. The van der Waals surface area contributed by atoms with Crippen molar-refractivity contribution in [2.75, 3.05) is 17.7 Å². The second kappa shape index (κ2) is 9.21. The molecule has 1 amide bonds. The van der Waals surface area contributed by atoms with Crippen LogP contribution in [0, 0.1) is 5.82 Å². The standard InChI is InChI=1S/C21H23FN2O4/c22-16-8-4-5-9-18(16)24-20(25)13-27-19-12-14(10-11-17(19)23)21(26)28-15-6-2-1-3-7-15/h4-5,8-12,15H,1-3,6-7,13,23H2,(H,24,25). The van der Waals surface area contributed by atoms with E-state index in [1.165, 1.54) is 36.8 Å². The predicted octanol–water partition coefficient (Wildman–Crippen LogP) is 3.91.